The quantitative estimate of drug-likeness (QED) is 0.506. The van der Waals surface area contributed by atoms with E-state index in [4.69, 9.17) is 0 Å². The van der Waals surface area contributed by atoms with Gasteiger partial charge in [-0.2, -0.15) is 0 Å². The van der Waals surface area contributed by atoms with Crippen LogP contribution in [0.3, 0.4) is 0 Å². The van der Waals surface area contributed by atoms with Crippen LogP contribution in [0.25, 0.3) is 0 Å². The van der Waals surface area contributed by atoms with Crippen LogP contribution in [0.15, 0.2) is 4.63 Å². The standard InChI is InChI=1S/C12H22N2O2/c1-3-5-7-9-11-12(10-8-6-4-2)14(15)16-13-11/h3-10H2,1-2H3. The van der Waals surface area contributed by atoms with Crippen molar-refractivity contribution in [2.45, 2.75) is 65.2 Å². The molecule has 0 bridgehead atoms. The zero-order chi connectivity index (χ0) is 11.8. The van der Waals surface area contributed by atoms with E-state index in [2.05, 4.69) is 23.6 Å². The number of hydrogen-bond acceptors (Lipinski definition) is 3. The van der Waals surface area contributed by atoms with Crippen LogP contribution in [0.5, 0.6) is 0 Å². The fourth-order valence-electron chi connectivity index (χ4n) is 1.80. The molecule has 1 aromatic rings. The van der Waals surface area contributed by atoms with E-state index < -0.39 is 0 Å². The van der Waals surface area contributed by atoms with Gasteiger partial charge in [0.25, 0.3) is 0 Å². The Hall–Kier alpha value is -1.06. The molecular weight excluding hydrogens is 204 g/mol. The molecular formula is C12H22N2O2. The van der Waals surface area contributed by atoms with Gasteiger partial charge in [-0.25, -0.2) is 0 Å². The first-order valence-corrected chi connectivity index (χ1v) is 6.37. The number of aryl methyl sites for hydroxylation is 1. The predicted octanol–water partition coefficient (Wildman–Crippen LogP) is 2.77. The number of hydrogen-bond donors (Lipinski definition) is 0. The summed E-state index contributed by atoms with van der Waals surface area (Å²) < 4.78 is 4.67. The minimum absolute atomic E-state index is 0.580. The molecule has 4 heteroatoms. The Morgan fingerprint density at radius 1 is 1.06 bits per heavy atom. The molecule has 0 radical (unpaired) electrons. The maximum atomic E-state index is 11.4. The van der Waals surface area contributed by atoms with E-state index in [0.29, 0.717) is 4.90 Å². The molecule has 92 valence electrons. The lowest BCUT2D eigenvalue weighted by molar-refractivity contribution is -0.808. The Morgan fingerprint density at radius 2 is 1.69 bits per heavy atom. The molecule has 1 aromatic heterocycles. The maximum Gasteiger partial charge on any atom is 0.221 e. The highest BCUT2D eigenvalue weighted by Crippen LogP contribution is 2.10. The average molecular weight is 226 g/mol. The third kappa shape index (κ3) is 3.83. The van der Waals surface area contributed by atoms with Crippen molar-refractivity contribution < 1.29 is 9.53 Å². The Kier molecular flexibility index (Phi) is 5.90. The van der Waals surface area contributed by atoms with Crippen LogP contribution in [-0.4, -0.2) is 5.16 Å². The second kappa shape index (κ2) is 7.25. The molecule has 0 aliphatic heterocycles. The minimum Gasteiger partial charge on any atom is -0.359 e. The van der Waals surface area contributed by atoms with E-state index in [-0.39, 0.29) is 0 Å². The number of aromatic nitrogens is 2. The minimum atomic E-state index is 0.580. The smallest absolute Gasteiger partial charge is 0.221 e. The molecule has 1 heterocycles. The molecule has 0 unspecified atom stereocenters. The van der Waals surface area contributed by atoms with Gasteiger partial charge in [-0.15, -0.1) is 0 Å². The highest BCUT2D eigenvalue weighted by atomic mass is 16.8. The van der Waals surface area contributed by atoms with Crippen molar-refractivity contribution in [1.29, 1.82) is 0 Å². The molecule has 4 nitrogen and oxygen atoms in total. The normalized spacial score (nSPS) is 10.9. The number of nitrogens with zero attached hydrogens (tertiary/aromatic N) is 2. The van der Waals surface area contributed by atoms with E-state index >= 15 is 0 Å². The zero-order valence-corrected chi connectivity index (χ0v) is 10.4. The van der Waals surface area contributed by atoms with Gasteiger partial charge in [0.1, 0.15) is 0 Å². The van der Waals surface area contributed by atoms with Gasteiger partial charge in [-0.3, -0.25) is 4.63 Å². The summed E-state index contributed by atoms with van der Waals surface area (Å²) in [7, 11) is 0. The van der Waals surface area contributed by atoms with Gasteiger partial charge < -0.3 is 5.21 Å². The molecule has 1 rings (SSSR count). The summed E-state index contributed by atoms with van der Waals surface area (Å²) in [5, 5.41) is 15.2. The van der Waals surface area contributed by atoms with E-state index in [9.17, 15) is 5.21 Å². The molecule has 0 saturated heterocycles. The number of unbranched alkanes of at least 4 members (excludes halogenated alkanes) is 4. The van der Waals surface area contributed by atoms with Gasteiger partial charge in [0.2, 0.25) is 5.69 Å². The average Bonchev–Trinajstić information content (AvgIpc) is 2.62. The summed E-state index contributed by atoms with van der Waals surface area (Å²) in [4.78, 5) is 0.580. The zero-order valence-electron chi connectivity index (χ0n) is 10.4. The van der Waals surface area contributed by atoms with Gasteiger partial charge in [0, 0.05) is 18.0 Å². The summed E-state index contributed by atoms with van der Waals surface area (Å²) in [5.41, 5.74) is 1.60. The van der Waals surface area contributed by atoms with Crippen molar-refractivity contribution in [2.75, 3.05) is 0 Å². The van der Waals surface area contributed by atoms with Crippen LogP contribution in [0.1, 0.15) is 63.8 Å². The maximum absolute atomic E-state index is 11.4. The monoisotopic (exact) mass is 226 g/mol. The van der Waals surface area contributed by atoms with Crippen LogP contribution >= 0.6 is 0 Å². The van der Waals surface area contributed by atoms with E-state index in [1.54, 1.807) is 0 Å². The lowest BCUT2D eigenvalue weighted by Gasteiger charge is -1.98. The molecule has 16 heavy (non-hydrogen) atoms. The molecule has 0 aliphatic rings. The Labute approximate surface area is 97.2 Å². The summed E-state index contributed by atoms with van der Waals surface area (Å²) in [6.07, 6.45) is 8.47. The largest absolute Gasteiger partial charge is 0.359 e. The topological polar surface area (TPSA) is 53.0 Å². The number of rotatable bonds is 8. The second-order valence-corrected chi connectivity index (χ2v) is 4.24. The summed E-state index contributed by atoms with van der Waals surface area (Å²) in [5.74, 6) is 0. The van der Waals surface area contributed by atoms with Crippen molar-refractivity contribution >= 4 is 0 Å². The predicted molar refractivity (Wildman–Crippen MR) is 61.9 cm³/mol. The fourth-order valence-corrected chi connectivity index (χ4v) is 1.80. The first-order chi connectivity index (χ1) is 7.79. The van der Waals surface area contributed by atoms with Gasteiger partial charge in [0.05, 0.1) is 0 Å². The van der Waals surface area contributed by atoms with Crippen molar-refractivity contribution in [3.63, 3.8) is 0 Å². The Balaban J connectivity index is 2.48. The van der Waals surface area contributed by atoms with E-state index in [1.807, 2.05) is 0 Å². The fraction of sp³-hybridized carbons (Fsp3) is 0.833. The van der Waals surface area contributed by atoms with Gasteiger partial charge in [-0.1, -0.05) is 39.5 Å². The summed E-state index contributed by atoms with van der Waals surface area (Å²) in [6.45, 7) is 4.32. The molecule has 0 saturated carbocycles. The van der Waals surface area contributed by atoms with Gasteiger partial charge >= 0.3 is 0 Å². The van der Waals surface area contributed by atoms with Crippen molar-refractivity contribution in [1.82, 2.24) is 5.16 Å². The lowest BCUT2D eigenvalue weighted by Crippen LogP contribution is -2.28. The van der Waals surface area contributed by atoms with Crippen LogP contribution < -0.4 is 4.90 Å². The Bertz CT molecular complexity index is 297. The molecule has 0 spiro atoms. The van der Waals surface area contributed by atoms with Crippen molar-refractivity contribution in [2.24, 2.45) is 0 Å². The summed E-state index contributed by atoms with van der Waals surface area (Å²) in [6, 6.07) is 0. The first-order valence-electron chi connectivity index (χ1n) is 6.37. The van der Waals surface area contributed by atoms with E-state index in [1.165, 1.54) is 12.8 Å². The Morgan fingerprint density at radius 3 is 2.31 bits per heavy atom. The second-order valence-electron chi connectivity index (χ2n) is 4.24. The molecule has 0 aromatic carbocycles. The lowest BCUT2D eigenvalue weighted by atomic mass is 10.1. The van der Waals surface area contributed by atoms with Crippen molar-refractivity contribution in [3.05, 3.63) is 16.6 Å². The van der Waals surface area contributed by atoms with E-state index in [0.717, 1.165) is 49.9 Å². The van der Waals surface area contributed by atoms with Crippen LogP contribution in [0.4, 0.5) is 0 Å². The molecule has 0 aliphatic carbocycles. The first kappa shape index (κ1) is 13.0. The van der Waals surface area contributed by atoms with Crippen LogP contribution in [-0.2, 0) is 12.8 Å². The van der Waals surface area contributed by atoms with Crippen molar-refractivity contribution in [3.8, 4) is 0 Å². The highest BCUT2D eigenvalue weighted by molar-refractivity contribution is 5.03. The van der Waals surface area contributed by atoms with Crippen LogP contribution in [0.2, 0.25) is 0 Å². The third-order valence-electron chi connectivity index (χ3n) is 2.81. The third-order valence-corrected chi connectivity index (χ3v) is 2.81. The highest BCUT2D eigenvalue weighted by Gasteiger charge is 2.17. The molecule has 0 amide bonds. The van der Waals surface area contributed by atoms with Gasteiger partial charge in [-0.05, 0) is 17.7 Å². The van der Waals surface area contributed by atoms with Gasteiger partial charge in [0.15, 0.2) is 5.69 Å². The molecule has 0 fully saturated rings. The molecule has 0 N–H and O–H groups in total. The summed E-state index contributed by atoms with van der Waals surface area (Å²) >= 11 is 0. The SMILES string of the molecule is CCCCCc1no[n+]([O-])c1CCCCC. The molecule has 0 atom stereocenters. The van der Waals surface area contributed by atoms with Crippen LogP contribution in [0, 0.1) is 5.21 Å².